The van der Waals surface area contributed by atoms with E-state index in [0.717, 1.165) is 27.6 Å². The van der Waals surface area contributed by atoms with Crippen LogP contribution in [-0.2, 0) is 0 Å². The predicted octanol–water partition coefficient (Wildman–Crippen LogP) is 5.23. The third-order valence-corrected chi connectivity index (χ3v) is 4.74. The lowest BCUT2D eigenvalue weighted by Crippen LogP contribution is -2.00. The van der Waals surface area contributed by atoms with Crippen molar-refractivity contribution in [3.05, 3.63) is 84.7 Å². The van der Waals surface area contributed by atoms with Crippen molar-refractivity contribution in [1.29, 1.82) is 0 Å². The second kappa shape index (κ2) is 6.39. The van der Waals surface area contributed by atoms with Crippen LogP contribution in [0.2, 0.25) is 0 Å². The molecule has 5 aromatic rings. The van der Waals surface area contributed by atoms with Crippen LogP contribution in [0.4, 0.5) is 10.3 Å². The molecule has 28 heavy (non-hydrogen) atoms. The van der Waals surface area contributed by atoms with E-state index in [2.05, 4.69) is 28.2 Å². The van der Waals surface area contributed by atoms with Crippen LogP contribution >= 0.6 is 0 Å². The molecule has 0 atom stereocenters. The number of rotatable bonds is 2. The Morgan fingerprint density at radius 3 is 2.36 bits per heavy atom. The molecule has 5 rings (SSSR count). The summed E-state index contributed by atoms with van der Waals surface area (Å²) in [6.45, 7) is 0. The van der Waals surface area contributed by atoms with Crippen LogP contribution in [-0.4, -0.2) is 15.0 Å². The minimum atomic E-state index is -0.280. The van der Waals surface area contributed by atoms with E-state index >= 15 is 0 Å². The first-order chi connectivity index (χ1) is 13.7. The SMILES string of the molecule is Nc1nc(-c2cccc3ccccc23)c2nc(-c3ccc(F)cc3)ccc2n1. The van der Waals surface area contributed by atoms with Gasteiger partial charge in [-0.05, 0) is 47.2 Å². The summed E-state index contributed by atoms with van der Waals surface area (Å²) in [4.78, 5) is 13.6. The Morgan fingerprint density at radius 1 is 0.714 bits per heavy atom. The molecular weight excluding hydrogens is 351 g/mol. The maximum absolute atomic E-state index is 13.3. The summed E-state index contributed by atoms with van der Waals surface area (Å²) >= 11 is 0. The van der Waals surface area contributed by atoms with E-state index in [-0.39, 0.29) is 11.8 Å². The van der Waals surface area contributed by atoms with Gasteiger partial charge in [0.15, 0.2) is 0 Å². The predicted molar refractivity (Wildman–Crippen MR) is 110 cm³/mol. The molecule has 2 aromatic heterocycles. The normalized spacial score (nSPS) is 11.2. The molecule has 0 bridgehead atoms. The Labute approximate surface area is 160 Å². The Morgan fingerprint density at radius 2 is 1.50 bits per heavy atom. The summed E-state index contributed by atoms with van der Waals surface area (Å²) in [5, 5.41) is 2.18. The van der Waals surface area contributed by atoms with E-state index in [1.165, 1.54) is 12.1 Å². The average Bonchev–Trinajstić information content (AvgIpc) is 2.73. The first-order valence-corrected chi connectivity index (χ1v) is 8.87. The van der Waals surface area contributed by atoms with Crippen LogP contribution in [0.15, 0.2) is 78.9 Å². The molecule has 3 aromatic carbocycles. The zero-order chi connectivity index (χ0) is 19.1. The summed E-state index contributed by atoms with van der Waals surface area (Å²) in [6.07, 6.45) is 0. The lowest BCUT2D eigenvalue weighted by atomic mass is 10.0. The van der Waals surface area contributed by atoms with E-state index < -0.39 is 0 Å². The molecule has 0 amide bonds. The van der Waals surface area contributed by atoms with Crippen LogP contribution in [0, 0.1) is 5.82 Å². The summed E-state index contributed by atoms with van der Waals surface area (Å²) in [5.41, 5.74) is 10.5. The number of aromatic nitrogens is 3. The number of anilines is 1. The highest BCUT2D eigenvalue weighted by molar-refractivity contribution is 6.02. The molecule has 0 spiro atoms. The Hall–Kier alpha value is -3.86. The number of nitrogens with two attached hydrogens (primary N) is 1. The second-order valence-corrected chi connectivity index (χ2v) is 6.53. The quantitative estimate of drug-likeness (QED) is 0.464. The number of halogens is 1. The van der Waals surface area contributed by atoms with Gasteiger partial charge in [-0.2, -0.15) is 0 Å². The van der Waals surface area contributed by atoms with Gasteiger partial charge in [0, 0.05) is 11.1 Å². The van der Waals surface area contributed by atoms with Crippen molar-refractivity contribution in [3.63, 3.8) is 0 Å². The number of benzene rings is 3. The molecule has 0 saturated carbocycles. The molecule has 0 radical (unpaired) electrons. The molecule has 0 saturated heterocycles. The van der Waals surface area contributed by atoms with E-state index in [1.54, 1.807) is 12.1 Å². The van der Waals surface area contributed by atoms with Gasteiger partial charge in [0.1, 0.15) is 17.0 Å². The average molecular weight is 366 g/mol. The van der Waals surface area contributed by atoms with Gasteiger partial charge in [-0.25, -0.2) is 19.3 Å². The van der Waals surface area contributed by atoms with Crippen LogP contribution in [0.1, 0.15) is 0 Å². The van der Waals surface area contributed by atoms with E-state index in [1.807, 2.05) is 36.4 Å². The number of nitrogens with zero attached hydrogens (tertiary/aromatic N) is 3. The third-order valence-electron chi connectivity index (χ3n) is 4.74. The number of nitrogen functional groups attached to an aromatic ring is 1. The number of fused-ring (bicyclic) bond motifs is 2. The minimum absolute atomic E-state index is 0.201. The van der Waals surface area contributed by atoms with Crippen LogP contribution < -0.4 is 5.73 Å². The Kier molecular flexibility index (Phi) is 3.72. The summed E-state index contributed by atoms with van der Waals surface area (Å²) in [6, 6.07) is 24.2. The van der Waals surface area contributed by atoms with Gasteiger partial charge < -0.3 is 5.73 Å². The van der Waals surface area contributed by atoms with Gasteiger partial charge in [0.05, 0.1) is 11.2 Å². The van der Waals surface area contributed by atoms with Crippen molar-refractivity contribution in [2.45, 2.75) is 0 Å². The second-order valence-electron chi connectivity index (χ2n) is 6.53. The molecule has 5 heteroatoms. The van der Waals surface area contributed by atoms with Gasteiger partial charge in [0.2, 0.25) is 5.95 Å². The lowest BCUT2D eigenvalue weighted by molar-refractivity contribution is 0.628. The summed E-state index contributed by atoms with van der Waals surface area (Å²) < 4.78 is 13.3. The van der Waals surface area contributed by atoms with Crippen molar-refractivity contribution >= 4 is 27.8 Å². The number of pyridine rings is 1. The van der Waals surface area contributed by atoms with Crippen LogP contribution in [0.5, 0.6) is 0 Å². The van der Waals surface area contributed by atoms with E-state index in [0.29, 0.717) is 16.7 Å². The molecule has 134 valence electrons. The first kappa shape index (κ1) is 16.3. The van der Waals surface area contributed by atoms with Crippen molar-refractivity contribution < 1.29 is 4.39 Å². The molecule has 2 N–H and O–H groups in total. The number of hydrogen-bond donors (Lipinski definition) is 1. The van der Waals surface area contributed by atoms with Crippen LogP contribution in [0.3, 0.4) is 0 Å². The zero-order valence-corrected chi connectivity index (χ0v) is 14.8. The maximum Gasteiger partial charge on any atom is 0.221 e. The van der Waals surface area contributed by atoms with E-state index in [4.69, 9.17) is 10.7 Å². The highest BCUT2D eigenvalue weighted by atomic mass is 19.1. The fourth-order valence-corrected chi connectivity index (χ4v) is 3.43. The smallest absolute Gasteiger partial charge is 0.221 e. The molecule has 4 nitrogen and oxygen atoms in total. The molecule has 2 heterocycles. The van der Waals surface area contributed by atoms with Crippen molar-refractivity contribution in [1.82, 2.24) is 15.0 Å². The largest absolute Gasteiger partial charge is 0.368 e. The maximum atomic E-state index is 13.3. The minimum Gasteiger partial charge on any atom is -0.368 e. The topological polar surface area (TPSA) is 64.7 Å². The fourth-order valence-electron chi connectivity index (χ4n) is 3.43. The Balaban J connectivity index is 1.80. The highest BCUT2D eigenvalue weighted by Crippen LogP contribution is 2.32. The Bertz CT molecular complexity index is 1320. The molecule has 0 fully saturated rings. The fraction of sp³-hybridized carbons (Fsp3) is 0. The van der Waals surface area contributed by atoms with Gasteiger partial charge >= 0.3 is 0 Å². The molecular formula is C23H15FN4. The number of hydrogen-bond acceptors (Lipinski definition) is 4. The monoisotopic (exact) mass is 366 g/mol. The van der Waals surface area contributed by atoms with Crippen molar-refractivity contribution in [2.75, 3.05) is 5.73 Å². The van der Waals surface area contributed by atoms with Gasteiger partial charge in [-0.1, -0.05) is 42.5 Å². The first-order valence-electron chi connectivity index (χ1n) is 8.87. The molecule has 0 aliphatic rings. The lowest BCUT2D eigenvalue weighted by Gasteiger charge is -2.10. The van der Waals surface area contributed by atoms with Gasteiger partial charge in [-0.15, -0.1) is 0 Å². The molecule has 0 aliphatic carbocycles. The van der Waals surface area contributed by atoms with Crippen LogP contribution in [0.25, 0.3) is 44.3 Å². The van der Waals surface area contributed by atoms with Gasteiger partial charge in [-0.3, -0.25) is 0 Å². The summed E-state index contributed by atoms with van der Waals surface area (Å²) in [5.74, 6) is -0.0798. The van der Waals surface area contributed by atoms with Crippen molar-refractivity contribution in [2.24, 2.45) is 0 Å². The molecule has 0 aliphatic heterocycles. The van der Waals surface area contributed by atoms with Crippen molar-refractivity contribution in [3.8, 4) is 22.5 Å². The van der Waals surface area contributed by atoms with E-state index in [9.17, 15) is 4.39 Å². The van der Waals surface area contributed by atoms with Gasteiger partial charge in [0.25, 0.3) is 0 Å². The summed E-state index contributed by atoms with van der Waals surface area (Å²) in [7, 11) is 0. The highest BCUT2D eigenvalue weighted by Gasteiger charge is 2.14. The standard InChI is InChI=1S/C23H15FN4/c24-16-10-8-15(9-11-16)19-12-13-20-22(26-19)21(28-23(25)27-20)18-7-3-5-14-4-1-2-6-17(14)18/h1-13H,(H2,25,27,28). The zero-order valence-electron chi connectivity index (χ0n) is 14.8. The third kappa shape index (κ3) is 2.74. The molecule has 0 unspecified atom stereocenters.